The maximum atomic E-state index is 12.7. The van der Waals surface area contributed by atoms with Gasteiger partial charge >= 0.3 is 0 Å². The highest BCUT2D eigenvalue weighted by Gasteiger charge is 2.23. The van der Waals surface area contributed by atoms with Gasteiger partial charge in [-0.25, -0.2) is 0 Å². The summed E-state index contributed by atoms with van der Waals surface area (Å²) in [6.45, 7) is 4.93. The number of hydrogen-bond donors (Lipinski definition) is 3. The van der Waals surface area contributed by atoms with E-state index in [9.17, 15) is 4.79 Å². The molecule has 4 N–H and O–H groups in total. The van der Waals surface area contributed by atoms with Crippen LogP contribution in [0.5, 0.6) is 5.75 Å². The summed E-state index contributed by atoms with van der Waals surface area (Å²) < 4.78 is 6.30. The van der Waals surface area contributed by atoms with Gasteiger partial charge in [-0.2, -0.15) is 0 Å². The van der Waals surface area contributed by atoms with Crippen LogP contribution in [0.2, 0.25) is 0 Å². The molecule has 6 heteroatoms. The van der Waals surface area contributed by atoms with Crippen molar-refractivity contribution in [2.75, 3.05) is 5.73 Å². The SMILES string of the molecule is CC1CCC(C)CC(Oc2ccc(C(=N)c3cc(C(=O)NCc4ccccn4)ccc3N)cc2)C1. The molecule has 35 heavy (non-hydrogen) atoms. The zero-order chi connectivity index (χ0) is 24.8. The van der Waals surface area contributed by atoms with Crippen LogP contribution >= 0.6 is 0 Å². The van der Waals surface area contributed by atoms with E-state index in [-0.39, 0.29) is 17.7 Å². The molecule has 1 saturated carbocycles. The Balaban J connectivity index is 1.43. The van der Waals surface area contributed by atoms with Gasteiger partial charge in [-0.15, -0.1) is 0 Å². The van der Waals surface area contributed by atoms with E-state index in [0.717, 1.165) is 29.8 Å². The van der Waals surface area contributed by atoms with Gasteiger partial charge in [-0.05, 0) is 79.3 Å². The van der Waals surface area contributed by atoms with E-state index in [4.69, 9.17) is 15.9 Å². The van der Waals surface area contributed by atoms with E-state index in [1.54, 1.807) is 24.4 Å². The van der Waals surface area contributed by atoms with Crippen LogP contribution in [0.1, 0.15) is 66.7 Å². The third-order valence-electron chi connectivity index (χ3n) is 6.67. The summed E-state index contributed by atoms with van der Waals surface area (Å²) in [5.74, 6) is 1.94. The minimum Gasteiger partial charge on any atom is -0.490 e. The summed E-state index contributed by atoms with van der Waals surface area (Å²) in [6, 6.07) is 18.2. The molecule has 6 nitrogen and oxygen atoms in total. The van der Waals surface area contributed by atoms with Gasteiger partial charge in [-0.1, -0.05) is 32.8 Å². The number of amides is 1. The van der Waals surface area contributed by atoms with E-state index in [2.05, 4.69) is 24.1 Å². The van der Waals surface area contributed by atoms with Gasteiger partial charge in [0.1, 0.15) is 5.75 Å². The van der Waals surface area contributed by atoms with Crippen LogP contribution in [0.25, 0.3) is 0 Å². The summed E-state index contributed by atoms with van der Waals surface area (Å²) in [7, 11) is 0. The van der Waals surface area contributed by atoms with Gasteiger partial charge in [0.05, 0.1) is 24.1 Å². The Labute approximate surface area is 207 Å². The Bertz CT molecular complexity index is 1150. The zero-order valence-corrected chi connectivity index (χ0v) is 20.5. The monoisotopic (exact) mass is 470 g/mol. The van der Waals surface area contributed by atoms with Crippen molar-refractivity contribution in [2.45, 2.75) is 52.2 Å². The molecule has 3 aromatic rings. The molecule has 2 unspecified atom stereocenters. The largest absolute Gasteiger partial charge is 0.490 e. The third kappa shape index (κ3) is 6.47. The number of nitrogens with zero attached hydrogens (tertiary/aromatic N) is 1. The number of aromatic nitrogens is 1. The van der Waals surface area contributed by atoms with Gasteiger partial charge in [0.25, 0.3) is 5.91 Å². The second-order valence-corrected chi connectivity index (χ2v) is 9.70. The van der Waals surface area contributed by atoms with Crippen molar-refractivity contribution in [1.29, 1.82) is 5.41 Å². The van der Waals surface area contributed by atoms with Crippen LogP contribution in [-0.4, -0.2) is 22.7 Å². The van der Waals surface area contributed by atoms with Crippen molar-refractivity contribution >= 4 is 17.3 Å². The van der Waals surface area contributed by atoms with E-state index in [0.29, 0.717) is 35.2 Å². The quantitative estimate of drug-likeness (QED) is 0.237. The predicted molar refractivity (Wildman–Crippen MR) is 140 cm³/mol. The van der Waals surface area contributed by atoms with Crippen molar-refractivity contribution in [3.05, 3.63) is 89.2 Å². The molecule has 1 heterocycles. The molecule has 0 bridgehead atoms. The lowest BCUT2D eigenvalue weighted by molar-refractivity contribution is 0.0950. The van der Waals surface area contributed by atoms with Crippen molar-refractivity contribution in [3.8, 4) is 5.75 Å². The van der Waals surface area contributed by atoms with Crippen LogP contribution in [0.4, 0.5) is 5.69 Å². The zero-order valence-electron chi connectivity index (χ0n) is 20.5. The molecular formula is C29H34N4O2. The van der Waals surface area contributed by atoms with Crippen LogP contribution in [0, 0.1) is 17.2 Å². The minimum absolute atomic E-state index is 0.227. The maximum absolute atomic E-state index is 12.7. The first-order chi connectivity index (χ1) is 16.9. The molecule has 1 fully saturated rings. The molecule has 2 atom stereocenters. The molecule has 0 saturated heterocycles. The lowest BCUT2D eigenvalue weighted by atomic mass is 9.98. The summed E-state index contributed by atoms with van der Waals surface area (Å²) in [4.78, 5) is 16.9. The summed E-state index contributed by atoms with van der Waals surface area (Å²) in [6.07, 6.45) is 6.60. The number of nitrogens with two attached hydrogens (primary N) is 1. The molecule has 2 aromatic carbocycles. The van der Waals surface area contributed by atoms with Gasteiger partial charge in [0.15, 0.2) is 0 Å². The first-order valence-corrected chi connectivity index (χ1v) is 12.3. The van der Waals surface area contributed by atoms with Crippen LogP contribution < -0.4 is 15.8 Å². The summed E-state index contributed by atoms with van der Waals surface area (Å²) >= 11 is 0. The number of carbonyl (C=O) groups is 1. The van der Waals surface area contributed by atoms with Crippen molar-refractivity contribution in [2.24, 2.45) is 11.8 Å². The first kappa shape index (κ1) is 24.5. The van der Waals surface area contributed by atoms with Crippen LogP contribution in [0.15, 0.2) is 66.9 Å². The lowest BCUT2D eigenvalue weighted by Gasteiger charge is -2.21. The Morgan fingerprint density at radius 1 is 1.03 bits per heavy atom. The van der Waals surface area contributed by atoms with Gasteiger partial charge < -0.3 is 15.8 Å². The number of hydrogen-bond acceptors (Lipinski definition) is 5. The molecule has 0 aliphatic heterocycles. The fraction of sp³-hybridized carbons (Fsp3) is 0.345. The molecule has 0 radical (unpaired) electrons. The Morgan fingerprint density at radius 2 is 1.71 bits per heavy atom. The van der Waals surface area contributed by atoms with Crippen molar-refractivity contribution in [1.82, 2.24) is 10.3 Å². The average Bonchev–Trinajstić information content (AvgIpc) is 3.03. The number of rotatable bonds is 7. The normalized spacial score (nSPS) is 20.0. The molecule has 4 rings (SSSR count). The molecule has 0 spiro atoms. The summed E-state index contributed by atoms with van der Waals surface area (Å²) in [5, 5.41) is 11.6. The van der Waals surface area contributed by atoms with E-state index < -0.39 is 0 Å². The molecule has 1 aromatic heterocycles. The third-order valence-corrected chi connectivity index (χ3v) is 6.67. The smallest absolute Gasteiger partial charge is 0.251 e. The molecule has 1 amide bonds. The average molecular weight is 471 g/mol. The van der Waals surface area contributed by atoms with E-state index >= 15 is 0 Å². The molecule has 182 valence electrons. The topological polar surface area (TPSA) is 101 Å². The number of nitrogen functional groups attached to an aromatic ring is 1. The number of benzene rings is 2. The number of nitrogens with one attached hydrogen (secondary N) is 2. The lowest BCUT2D eigenvalue weighted by Crippen LogP contribution is -2.23. The Morgan fingerprint density at radius 3 is 2.37 bits per heavy atom. The van der Waals surface area contributed by atoms with Crippen LogP contribution in [0.3, 0.4) is 0 Å². The van der Waals surface area contributed by atoms with Gasteiger partial charge in [0, 0.05) is 28.6 Å². The minimum atomic E-state index is -0.236. The molecule has 1 aliphatic rings. The fourth-order valence-electron chi connectivity index (χ4n) is 4.63. The predicted octanol–water partition coefficient (Wildman–Crippen LogP) is 5.60. The molecule has 1 aliphatic carbocycles. The maximum Gasteiger partial charge on any atom is 0.251 e. The standard InChI is InChI=1S/C29H34N4O2/c1-19-6-7-20(2)16-25(15-19)35-24-11-8-21(9-12-24)28(31)26-17-22(10-13-27(26)30)29(34)33-18-23-5-3-4-14-32-23/h3-5,8-14,17,19-20,25,31H,6-7,15-16,18,30H2,1-2H3,(H,33,34). The number of pyridine rings is 1. The second kappa shape index (κ2) is 11.2. The van der Waals surface area contributed by atoms with E-state index in [1.165, 1.54) is 12.8 Å². The number of anilines is 1. The fourth-order valence-corrected chi connectivity index (χ4v) is 4.63. The number of carbonyl (C=O) groups excluding carboxylic acids is 1. The number of ether oxygens (including phenoxy) is 1. The van der Waals surface area contributed by atoms with Gasteiger partial charge in [0.2, 0.25) is 0 Å². The highest BCUT2D eigenvalue weighted by Crippen LogP contribution is 2.30. The highest BCUT2D eigenvalue weighted by atomic mass is 16.5. The second-order valence-electron chi connectivity index (χ2n) is 9.70. The van der Waals surface area contributed by atoms with Gasteiger partial charge in [-0.3, -0.25) is 15.2 Å². The van der Waals surface area contributed by atoms with Crippen molar-refractivity contribution in [3.63, 3.8) is 0 Å². The summed E-state index contributed by atoms with van der Waals surface area (Å²) in [5.41, 5.74) is 9.38. The van der Waals surface area contributed by atoms with Crippen LogP contribution in [-0.2, 0) is 6.54 Å². The first-order valence-electron chi connectivity index (χ1n) is 12.3. The molecular weight excluding hydrogens is 436 g/mol. The highest BCUT2D eigenvalue weighted by molar-refractivity contribution is 6.14. The van der Waals surface area contributed by atoms with E-state index in [1.807, 2.05) is 42.5 Å². The Hall–Kier alpha value is -3.67. The van der Waals surface area contributed by atoms with Crippen molar-refractivity contribution < 1.29 is 9.53 Å². The Kier molecular flexibility index (Phi) is 7.80.